The molecule has 0 fully saturated rings. The van der Waals surface area contributed by atoms with Crippen molar-refractivity contribution in [2.24, 2.45) is 0 Å². The highest BCUT2D eigenvalue weighted by molar-refractivity contribution is 6.04. The van der Waals surface area contributed by atoms with Crippen molar-refractivity contribution >= 4 is 28.8 Å². The molecule has 0 aliphatic heterocycles. The number of nitrogens with one attached hydrogen (secondary N) is 2. The van der Waals surface area contributed by atoms with E-state index in [4.69, 9.17) is 4.42 Å². The van der Waals surface area contributed by atoms with Gasteiger partial charge in [-0.1, -0.05) is 6.07 Å². The number of imidazole rings is 1. The maximum atomic E-state index is 12.3. The monoisotopic (exact) mass is 346 g/mol. The molecule has 0 unspecified atom stereocenters. The Bertz CT molecular complexity index is 1030. The van der Waals surface area contributed by atoms with E-state index in [9.17, 15) is 9.59 Å². The van der Waals surface area contributed by atoms with E-state index in [1.165, 1.54) is 6.26 Å². The zero-order chi connectivity index (χ0) is 17.9. The summed E-state index contributed by atoms with van der Waals surface area (Å²) in [6.07, 6.45) is 4.94. The van der Waals surface area contributed by atoms with Crippen molar-refractivity contribution in [3.63, 3.8) is 0 Å². The number of hydrogen-bond acceptors (Lipinski definition) is 4. The zero-order valence-corrected chi connectivity index (χ0v) is 13.5. The van der Waals surface area contributed by atoms with E-state index >= 15 is 0 Å². The van der Waals surface area contributed by atoms with E-state index in [1.54, 1.807) is 47.0 Å². The number of aromatic nitrogens is 2. The fourth-order valence-electron chi connectivity index (χ4n) is 2.48. The summed E-state index contributed by atoms with van der Waals surface area (Å²) in [6.45, 7) is 0. The molecule has 128 valence electrons. The molecule has 26 heavy (non-hydrogen) atoms. The highest BCUT2D eigenvalue weighted by atomic mass is 16.3. The molecule has 4 aromatic rings. The van der Waals surface area contributed by atoms with Gasteiger partial charge in [0.25, 0.3) is 11.8 Å². The first-order chi connectivity index (χ1) is 12.7. The van der Waals surface area contributed by atoms with Crippen LogP contribution in [0.25, 0.3) is 5.65 Å². The minimum atomic E-state index is -0.337. The lowest BCUT2D eigenvalue weighted by Crippen LogP contribution is -2.13. The number of amides is 2. The highest BCUT2D eigenvalue weighted by Crippen LogP contribution is 2.16. The van der Waals surface area contributed by atoms with Crippen LogP contribution in [0.1, 0.15) is 21.0 Å². The second-order valence-corrected chi connectivity index (χ2v) is 5.56. The number of benzene rings is 1. The predicted molar refractivity (Wildman–Crippen MR) is 96.2 cm³/mol. The van der Waals surface area contributed by atoms with Crippen LogP contribution in [0.4, 0.5) is 11.4 Å². The summed E-state index contributed by atoms with van der Waals surface area (Å²) in [7, 11) is 0. The number of fused-ring (bicyclic) bond motifs is 1. The van der Waals surface area contributed by atoms with Crippen molar-refractivity contribution in [2.45, 2.75) is 0 Å². The van der Waals surface area contributed by atoms with E-state index in [1.807, 2.05) is 24.4 Å². The number of pyridine rings is 1. The molecule has 0 radical (unpaired) electrons. The zero-order valence-electron chi connectivity index (χ0n) is 13.5. The SMILES string of the molecule is O=C(Nc1ccc(NC(=O)c2ccco2)cc1)c1cn2ccccc2n1. The van der Waals surface area contributed by atoms with E-state index in [0.29, 0.717) is 22.7 Å². The lowest BCUT2D eigenvalue weighted by Gasteiger charge is -2.06. The first kappa shape index (κ1) is 15.6. The number of carbonyl (C=O) groups is 2. The van der Waals surface area contributed by atoms with Crippen LogP contribution >= 0.6 is 0 Å². The molecule has 7 nitrogen and oxygen atoms in total. The Morgan fingerprint density at radius 2 is 1.62 bits per heavy atom. The van der Waals surface area contributed by atoms with Gasteiger partial charge in [0.1, 0.15) is 11.3 Å². The van der Waals surface area contributed by atoms with Gasteiger partial charge in [0, 0.05) is 23.8 Å². The first-order valence-electron chi connectivity index (χ1n) is 7.89. The Morgan fingerprint density at radius 3 is 2.27 bits per heavy atom. The molecule has 4 rings (SSSR count). The quantitative estimate of drug-likeness (QED) is 0.592. The molecule has 3 heterocycles. The van der Waals surface area contributed by atoms with Gasteiger partial charge in [-0.3, -0.25) is 9.59 Å². The lowest BCUT2D eigenvalue weighted by molar-refractivity contribution is 0.0994. The number of furan rings is 1. The molecule has 2 amide bonds. The van der Waals surface area contributed by atoms with E-state index in [0.717, 1.165) is 0 Å². The van der Waals surface area contributed by atoms with Gasteiger partial charge < -0.3 is 19.5 Å². The standard InChI is InChI=1S/C19H14N4O3/c24-18(15-12-23-10-2-1-5-17(23)22-15)20-13-6-8-14(9-7-13)21-19(25)16-4-3-11-26-16/h1-12H,(H,20,24)(H,21,25). The fourth-order valence-corrected chi connectivity index (χ4v) is 2.48. The molecule has 0 saturated heterocycles. The fraction of sp³-hybridized carbons (Fsp3) is 0. The Balaban J connectivity index is 1.43. The van der Waals surface area contributed by atoms with Gasteiger partial charge in [-0.25, -0.2) is 4.98 Å². The van der Waals surface area contributed by atoms with E-state index in [2.05, 4.69) is 15.6 Å². The van der Waals surface area contributed by atoms with E-state index < -0.39 is 0 Å². The van der Waals surface area contributed by atoms with E-state index in [-0.39, 0.29) is 17.6 Å². The van der Waals surface area contributed by atoms with Gasteiger partial charge in [0.2, 0.25) is 0 Å². The number of rotatable bonds is 4. The molecule has 3 aromatic heterocycles. The largest absolute Gasteiger partial charge is 0.459 e. The summed E-state index contributed by atoms with van der Waals surface area (Å²) in [5.41, 5.74) is 2.22. The van der Waals surface area contributed by atoms with Gasteiger partial charge in [-0.05, 0) is 48.5 Å². The molecular formula is C19H14N4O3. The summed E-state index contributed by atoms with van der Waals surface area (Å²) in [5.74, 6) is -0.410. The van der Waals surface area contributed by atoms with Crippen LogP contribution in [0.3, 0.4) is 0 Å². The average Bonchev–Trinajstić information content (AvgIpc) is 3.33. The van der Waals surface area contributed by atoms with Gasteiger partial charge in [-0.2, -0.15) is 0 Å². The average molecular weight is 346 g/mol. The maximum Gasteiger partial charge on any atom is 0.291 e. The van der Waals surface area contributed by atoms with Crippen molar-refractivity contribution in [1.29, 1.82) is 0 Å². The van der Waals surface area contributed by atoms with Crippen LogP contribution in [-0.4, -0.2) is 21.2 Å². The summed E-state index contributed by atoms with van der Waals surface area (Å²) >= 11 is 0. The van der Waals surface area contributed by atoms with Crippen molar-refractivity contribution in [3.05, 3.63) is 84.7 Å². The van der Waals surface area contributed by atoms with Crippen LogP contribution in [0.2, 0.25) is 0 Å². The van der Waals surface area contributed by atoms with Gasteiger partial charge in [0.15, 0.2) is 5.76 Å². The minimum Gasteiger partial charge on any atom is -0.459 e. The van der Waals surface area contributed by atoms with Crippen molar-refractivity contribution in [2.75, 3.05) is 10.6 Å². The Morgan fingerprint density at radius 1 is 0.885 bits per heavy atom. The van der Waals surface area contributed by atoms with Crippen LogP contribution in [0.5, 0.6) is 0 Å². The lowest BCUT2D eigenvalue weighted by atomic mass is 10.2. The summed E-state index contributed by atoms with van der Waals surface area (Å²) in [6, 6.07) is 15.6. The van der Waals surface area contributed by atoms with Crippen molar-refractivity contribution < 1.29 is 14.0 Å². The van der Waals surface area contributed by atoms with Gasteiger partial charge in [-0.15, -0.1) is 0 Å². The number of anilines is 2. The van der Waals surface area contributed by atoms with Crippen molar-refractivity contribution in [3.8, 4) is 0 Å². The second-order valence-electron chi connectivity index (χ2n) is 5.56. The second kappa shape index (κ2) is 6.56. The molecule has 7 heteroatoms. The normalized spacial score (nSPS) is 10.6. The summed E-state index contributed by atoms with van der Waals surface area (Å²) in [5, 5.41) is 5.49. The third kappa shape index (κ3) is 3.18. The van der Waals surface area contributed by atoms with Crippen molar-refractivity contribution in [1.82, 2.24) is 9.38 Å². The smallest absolute Gasteiger partial charge is 0.291 e. The molecule has 0 aliphatic rings. The summed E-state index contributed by atoms with van der Waals surface area (Å²) < 4.78 is 6.82. The molecular weight excluding hydrogens is 332 g/mol. The minimum absolute atomic E-state index is 0.231. The third-order valence-corrected chi connectivity index (χ3v) is 3.74. The van der Waals surface area contributed by atoms with Crippen LogP contribution in [0, 0.1) is 0 Å². The Kier molecular flexibility index (Phi) is 3.95. The molecule has 0 aliphatic carbocycles. The molecule has 1 aromatic carbocycles. The Hall–Kier alpha value is -3.87. The molecule has 2 N–H and O–H groups in total. The molecule has 0 atom stereocenters. The molecule has 0 saturated carbocycles. The predicted octanol–water partition coefficient (Wildman–Crippen LogP) is 3.43. The summed E-state index contributed by atoms with van der Waals surface area (Å²) in [4.78, 5) is 28.5. The highest BCUT2D eigenvalue weighted by Gasteiger charge is 2.12. The van der Waals surface area contributed by atoms with Gasteiger partial charge in [0.05, 0.1) is 6.26 Å². The molecule has 0 bridgehead atoms. The number of nitrogens with zero attached hydrogens (tertiary/aromatic N) is 2. The first-order valence-corrected chi connectivity index (χ1v) is 7.89. The number of hydrogen-bond donors (Lipinski definition) is 2. The topological polar surface area (TPSA) is 88.6 Å². The maximum absolute atomic E-state index is 12.3. The molecule has 0 spiro atoms. The van der Waals surface area contributed by atoms with Gasteiger partial charge >= 0.3 is 0 Å². The van der Waals surface area contributed by atoms with Crippen LogP contribution in [0.15, 0.2) is 77.7 Å². The van der Waals surface area contributed by atoms with Crippen LogP contribution in [-0.2, 0) is 0 Å². The third-order valence-electron chi connectivity index (χ3n) is 3.74. The Labute approximate surface area is 148 Å². The number of carbonyl (C=O) groups excluding carboxylic acids is 2. The van der Waals surface area contributed by atoms with Crippen LogP contribution < -0.4 is 10.6 Å².